The molecule has 1 aliphatic rings. The van der Waals surface area contributed by atoms with Gasteiger partial charge in [0.05, 0.1) is 13.0 Å². The Morgan fingerprint density at radius 2 is 2.05 bits per heavy atom. The lowest BCUT2D eigenvalue weighted by Crippen LogP contribution is -2.08. The van der Waals surface area contributed by atoms with E-state index in [1.165, 1.54) is 22.0 Å². The molecule has 1 N–H and O–H groups in total. The SMILES string of the molecule is CCOC(=O)Cc1c(C)n(C)c2cc3c(cc12)CNC3. The van der Waals surface area contributed by atoms with E-state index in [0.29, 0.717) is 13.0 Å². The van der Waals surface area contributed by atoms with Crippen LogP contribution in [0, 0.1) is 6.92 Å². The van der Waals surface area contributed by atoms with Crippen molar-refractivity contribution in [2.75, 3.05) is 6.61 Å². The van der Waals surface area contributed by atoms with Crippen molar-refractivity contribution in [2.24, 2.45) is 7.05 Å². The number of esters is 1. The Labute approximate surface area is 118 Å². The fourth-order valence-electron chi connectivity index (χ4n) is 3.01. The fourth-order valence-corrected chi connectivity index (χ4v) is 3.01. The second kappa shape index (κ2) is 4.94. The fraction of sp³-hybridized carbons (Fsp3) is 0.438. The molecule has 20 heavy (non-hydrogen) atoms. The molecule has 2 aromatic rings. The molecule has 3 rings (SSSR count). The molecular weight excluding hydrogens is 252 g/mol. The minimum absolute atomic E-state index is 0.151. The molecule has 106 valence electrons. The molecule has 0 unspecified atom stereocenters. The minimum Gasteiger partial charge on any atom is -0.466 e. The summed E-state index contributed by atoms with van der Waals surface area (Å²) in [4.78, 5) is 11.8. The minimum atomic E-state index is -0.151. The third kappa shape index (κ3) is 2.00. The zero-order chi connectivity index (χ0) is 14.3. The van der Waals surface area contributed by atoms with Crippen LogP contribution in [0.2, 0.25) is 0 Å². The van der Waals surface area contributed by atoms with Crippen molar-refractivity contribution in [3.8, 4) is 0 Å². The van der Waals surface area contributed by atoms with Gasteiger partial charge in [0.2, 0.25) is 0 Å². The van der Waals surface area contributed by atoms with Crippen molar-refractivity contribution >= 4 is 16.9 Å². The average Bonchev–Trinajstić information content (AvgIpc) is 2.96. The molecule has 0 fully saturated rings. The van der Waals surface area contributed by atoms with Gasteiger partial charge in [-0.1, -0.05) is 0 Å². The van der Waals surface area contributed by atoms with Crippen LogP contribution in [0.15, 0.2) is 12.1 Å². The molecule has 4 heteroatoms. The van der Waals surface area contributed by atoms with E-state index in [9.17, 15) is 4.79 Å². The smallest absolute Gasteiger partial charge is 0.310 e. The average molecular weight is 272 g/mol. The number of carbonyl (C=O) groups is 1. The van der Waals surface area contributed by atoms with Crippen LogP contribution in [0.1, 0.15) is 29.3 Å². The van der Waals surface area contributed by atoms with E-state index in [2.05, 4.69) is 36.0 Å². The molecule has 0 saturated carbocycles. The largest absolute Gasteiger partial charge is 0.466 e. The maximum atomic E-state index is 11.8. The summed E-state index contributed by atoms with van der Waals surface area (Å²) in [6.45, 7) is 6.19. The Kier molecular flexibility index (Phi) is 3.26. The number of nitrogens with zero attached hydrogens (tertiary/aromatic N) is 1. The number of aryl methyl sites for hydroxylation is 1. The Morgan fingerprint density at radius 3 is 2.75 bits per heavy atom. The molecule has 0 saturated heterocycles. The molecular formula is C16H20N2O2. The summed E-state index contributed by atoms with van der Waals surface area (Å²) in [6.07, 6.45) is 0.350. The van der Waals surface area contributed by atoms with Crippen molar-refractivity contribution in [1.82, 2.24) is 9.88 Å². The van der Waals surface area contributed by atoms with Gasteiger partial charge in [-0.25, -0.2) is 0 Å². The topological polar surface area (TPSA) is 43.3 Å². The first-order valence-corrected chi connectivity index (χ1v) is 7.07. The van der Waals surface area contributed by atoms with Gasteiger partial charge in [-0.2, -0.15) is 0 Å². The molecule has 4 nitrogen and oxygen atoms in total. The Hall–Kier alpha value is -1.81. The van der Waals surface area contributed by atoms with E-state index in [4.69, 9.17) is 4.74 Å². The van der Waals surface area contributed by atoms with E-state index in [0.717, 1.165) is 24.3 Å². The number of carbonyl (C=O) groups excluding carboxylic acids is 1. The van der Waals surface area contributed by atoms with Gasteiger partial charge in [0, 0.05) is 36.7 Å². The summed E-state index contributed by atoms with van der Waals surface area (Å²) < 4.78 is 7.26. The van der Waals surface area contributed by atoms with E-state index in [-0.39, 0.29) is 5.97 Å². The van der Waals surface area contributed by atoms with E-state index >= 15 is 0 Å². The standard InChI is InChI=1S/C16H20N2O2/c1-4-20-16(19)7-13-10(2)18(3)15-6-12-9-17-8-11(12)5-14(13)15/h5-6,17H,4,7-9H2,1-3H3. The van der Waals surface area contributed by atoms with Crippen LogP contribution in [0.4, 0.5) is 0 Å². The van der Waals surface area contributed by atoms with Gasteiger partial charge < -0.3 is 14.6 Å². The van der Waals surface area contributed by atoms with Crippen LogP contribution in [-0.4, -0.2) is 17.1 Å². The van der Waals surface area contributed by atoms with Crippen LogP contribution < -0.4 is 5.32 Å². The highest BCUT2D eigenvalue weighted by Gasteiger charge is 2.19. The first-order chi connectivity index (χ1) is 9.61. The van der Waals surface area contributed by atoms with Crippen LogP contribution in [0.3, 0.4) is 0 Å². The molecule has 0 radical (unpaired) electrons. The summed E-state index contributed by atoms with van der Waals surface area (Å²) in [5.41, 5.74) is 6.14. The van der Waals surface area contributed by atoms with Crippen molar-refractivity contribution in [2.45, 2.75) is 33.4 Å². The molecule has 1 aliphatic heterocycles. The summed E-state index contributed by atoms with van der Waals surface area (Å²) in [5, 5.41) is 4.55. The van der Waals surface area contributed by atoms with Crippen molar-refractivity contribution in [1.29, 1.82) is 0 Å². The van der Waals surface area contributed by atoms with Crippen LogP contribution in [0.5, 0.6) is 0 Å². The van der Waals surface area contributed by atoms with Gasteiger partial charge in [-0.05, 0) is 42.7 Å². The lowest BCUT2D eigenvalue weighted by Gasteiger charge is -2.03. The number of ether oxygens (including phenoxy) is 1. The molecule has 0 spiro atoms. The third-order valence-electron chi connectivity index (χ3n) is 4.20. The number of benzene rings is 1. The van der Waals surface area contributed by atoms with Gasteiger partial charge in [0.15, 0.2) is 0 Å². The van der Waals surface area contributed by atoms with E-state index in [1.807, 2.05) is 6.92 Å². The van der Waals surface area contributed by atoms with Gasteiger partial charge in [-0.15, -0.1) is 0 Å². The molecule has 1 aromatic carbocycles. The highest BCUT2D eigenvalue weighted by Crippen LogP contribution is 2.30. The van der Waals surface area contributed by atoms with E-state index in [1.54, 1.807) is 0 Å². The molecule has 1 aromatic heterocycles. The number of fused-ring (bicyclic) bond motifs is 2. The quantitative estimate of drug-likeness (QED) is 0.871. The predicted molar refractivity (Wildman–Crippen MR) is 78.5 cm³/mol. The highest BCUT2D eigenvalue weighted by molar-refractivity contribution is 5.90. The van der Waals surface area contributed by atoms with Crippen molar-refractivity contribution in [3.05, 3.63) is 34.5 Å². The van der Waals surface area contributed by atoms with Crippen LogP contribution in [-0.2, 0) is 36.1 Å². The zero-order valence-electron chi connectivity index (χ0n) is 12.2. The normalized spacial score (nSPS) is 13.8. The second-order valence-corrected chi connectivity index (χ2v) is 5.35. The van der Waals surface area contributed by atoms with Crippen molar-refractivity contribution < 1.29 is 9.53 Å². The number of aromatic nitrogens is 1. The van der Waals surface area contributed by atoms with Gasteiger partial charge >= 0.3 is 5.97 Å². The maximum Gasteiger partial charge on any atom is 0.310 e. The molecule has 0 bridgehead atoms. The summed E-state index contributed by atoms with van der Waals surface area (Å²) in [6, 6.07) is 4.47. The summed E-state index contributed by atoms with van der Waals surface area (Å²) >= 11 is 0. The molecule has 0 amide bonds. The Morgan fingerprint density at radius 1 is 1.35 bits per heavy atom. The second-order valence-electron chi connectivity index (χ2n) is 5.35. The van der Waals surface area contributed by atoms with Crippen LogP contribution >= 0.6 is 0 Å². The number of hydrogen-bond donors (Lipinski definition) is 1. The van der Waals surface area contributed by atoms with Gasteiger partial charge in [0.1, 0.15) is 0 Å². The highest BCUT2D eigenvalue weighted by atomic mass is 16.5. The first kappa shape index (κ1) is 13.2. The maximum absolute atomic E-state index is 11.8. The third-order valence-corrected chi connectivity index (χ3v) is 4.20. The predicted octanol–water partition coefficient (Wildman–Crippen LogP) is 2.20. The van der Waals surface area contributed by atoms with Crippen LogP contribution in [0.25, 0.3) is 10.9 Å². The van der Waals surface area contributed by atoms with Crippen molar-refractivity contribution in [3.63, 3.8) is 0 Å². The number of rotatable bonds is 3. The lowest BCUT2D eigenvalue weighted by molar-refractivity contribution is -0.142. The molecule has 2 heterocycles. The Balaban J connectivity index is 2.11. The number of nitrogens with one attached hydrogen (secondary N) is 1. The van der Waals surface area contributed by atoms with E-state index < -0.39 is 0 Å². The zero-order valence-corrected chi connectivity index (χ0v) is 12.2. The van der Waals surface area contributed by atoms with Gasteiger partial charge in [0.25, 0.3) is 0 Å². The molecule has 0 aliphatic carbocycles. The lowest BCUT2D eigenvalue weighted by atomic mass is 10.0. The monoisotopic (exact) mass is 272 g/mol. The Bertz CT molecular complexity index is 686. The summed E-state index contributed by atoms with van der Waals surface area (Å²) in [5.74, 6) is -0.151. The van der Waals surface area contributed by atoms with Gasteiger partial charge in [-0.3, -0.25) is 4.79 Å². The number of hydrogen-bond acceptors (Lipinski definition) is 3. The first-order valence-electron chi connectivity index (χ1n) is 7.07. The molecule has 0 atom stereocenters. The summed E-state index contributed by atoms with van der Waals surface area (Å²) in [7, 11) is 2.06.